The molecule has 1 heterocycles. The highest BCUT2D eigenvalue weighted by atomic mass is 16.5. The monoisotopic (exact) mass is 312 g/mol. The van der Waals surface area contributed by atoms with E-state index in [1.807, 2.05) is 20.8 Å². The number of carbonyl (C=O) groups is 1. The summed E-state index contributed by atoms with van der Waals surface area (Å²) in [5.74, 6) is 0.920. The zero-order valence-corrected chi connectivity index (χ0v) is 13.5. The van der Waals surface area contributed by atoms with Gasteiger partial charge in [0, 0.05) is 11.6 Å². The van der Waals surface area contributed by atoms with Gasteiger partial charge in [-0.2, -0.15) is 5.26 Å². The SMILES string of the molecule is CC(C)[C@@H](C)NC(=O)c1occc1COc1cccc(C#N)c1. The predicted molar refractivity (Wildman–Crippen MR) is 86.0 cm³/mol. The molecule has 2 rings (SSSR count). The molecular weight excluding hydrogens is 292 g/mol. The zero-order chi connectivity index (χ0) is 16.8. The lowest BCUT2D eigenvalue weighted by Gasteiger charge is -2.17. The van der Waals surface area contributed by atoms with E-state index in [0.29, 0.717) is 22.8 Å². The van der Waals surface area contributed by atoms with Crippen molar-refractivity contribution < 1.29 is 13.9 Å². The van der Waals surface area contributed by atoms with Crippen molar-refractivity contribution >= 4 is 5.91 Å². The first kappa shape index (κ1) is 16.6. The second kappa shape index (κ2) is 7.50. The molecule has 0 radical (unpaired) electrons. The molecule has 2 aromatic rings. The third-order valence-corrected chi connectivity index (χ3v) is 3.67. The number of furan rings is 1. The number of hydrogen-bond acceptors (Lipinski definition) is 4. The Balaban J connectivity index is 2.03. The van der Waals surface area contributed by atoms with Gasteiger partial charge in [0.25, 0.3) is 5.91 Å². The Morgan fingerprint density at radius 2 is 2.13 bits per heavy atom. The van der Waals surface area contributed by atoms with Crippen LogP contribution in [0.25, 0.3) is 0 Å². The maximum Gasteiger partial charge on any atom is 0.287 e. The zero-order valence-electron chi connectivity index (χ0n) is 13.5. The number of nitriles is 1. The summed E-state index contributed by atoms with van der Waals surface area (Å²) in [5.41, 5.74) is 1.19. The Morgan fingerprint density at radius 3 is 2.83 bits per heavy atom. The normalized spacial score (nSPS) is 11.8. The van der Waals surface area contributed by atoms with E-state index in [9.17, 15) is 4.79 Å². The Hall–Kier alpha value is -2.74. The minimum atomic E-state index is -0.249. The molecule has 0 bridgehead atoms. The number of nitrogens with zero attached hydrogens (tertiary/aromatic N) is 1. The Labute approximate surface area is 135 Å². The van der Waals surface area contributed by atoms with E-state index in [1.54, 1.807) is 30.3 Å². The van der Waals surface area contributed by atoms with Crippen molar-refractivity contribution in [1.29, 1.82) is 5.26 Å². The number of nitrogens with one attached hydrogen (secondary N) is 1. The van der Waals surface area contributed by atoms with E-state index in [0.717, 1.165) is 0 Å². The van der Waals surface area contributed by atoms with Crippen LogP contribution < -0.4 is 10.1 Å². The minimum Gasteiger partial charge on any atom is -0.489 e. The van der Waals surface area contributed by atoms with Crippen LogP contribution in [0, 0.1) is 17.2 Å². The maximum atomic E-state index is 12.2. The molecule has 0 saturated carbocycles. The van der Waals surface area contributed by atoms with Crippen LogP contribution in [0.5, 0.6) is 5.75 Å². The molecule has 0 aliphatic rings. The van der Waals surface area contributed by atoms with Gasteiger partial charge in [0.1, 0.15) is 12.4 Å². The van der Waals surface area contributed by atoms with Crippen LogP contribution in [0.1, 0.15) is 42.5 Å². The fourth-order valence-corrected chi connectivity index (χ4v) is 1.90. The van der Waals surface area contributed by atoms with Gasteiger partial charge < -0.3 is 14.5 Å². The van der Waals surface area contributed by atoms with Crippen molar-refractivity contribution in [3.63, 3.8) is 0 Å². The van der Waals surface area contributed by atoms with E-state index in [2.05, 4.69) is 11.4 Å². The van der Waals surface area contributed by atoms with Crippen LogP contribution in [0.4, 0.5) is 0 Å². The summed E-state index contributed by atoms with van der Waals surface area (Å²) in [5, 5.41) is 11.8. The summed E-state index contributed by atoms with van der Waals surface area (Å²) < 4.78 is 10.9. The Morgan fingerprint density at radius 1 is 1.35 bits per heavy atom. The quantitative estimate of drug-likeness (QED) is 0.885. The molecule has 0 aliphatic heterocycles. The van der Waals surface area contributed by atoms with E-state index < -0.39 is 0 Å². The van der Waals surface area contributed by atoms with Crippen LogP contribution in [0.3, 0.4) is 0 Å². The fourth-order valence-electron chi connectivity index (χ4n) is 1.90. The van der Waals surface area contributed by atoms with Crippen LogP contribution in [0.15, 0.2) is 41.0 Å². The van der Waals surface area contributed by atoms with Gasteiger partial charge in [0.15, 0.2) is 5.76 Å². The topological polar surface area (TPSA) is 75.3 Å². The molecule has 1 atom stereocenters. The summed E-state index contributed by atoms with van der Waals surface area (Å²) in [4.78, 5) is 12.2. The van der Waals surface area contributed by atoms with Gasteiger partial charge in [0.2, 0.25) is 0 Å². The fraction of sp³-hybridized carbons (Fsp3) is 0.333. The van der Waals surface area contributed by atoms with Crippen LogP contribution in [-0.2, 0) is 6.61 Å². The van der Waals surface area contributed by atoms with E-state index >= 15 is 0 Å². The van der Waals surface area contributed by atoms with E-state index in [-0.39, 0.29) is 24.3 Å². The molecular formula is C18H20N2O3. The Bertz CT molecular complexity index is 713. The third kappa shape index (κ3) is 4.36. The van der Waals surface area contributed by atoms with Gasteiger partial charge in [-0.1, -0.05) is 19.9 Å². The molecule has 0 unspecified atom stereocenters. The van der Waals surface area contributed by atoms with Gasteiger partial charge in [-0.15, -0.1) is 0 Å². The largest absolute Gasteiger partial charge is 0.489 e. The lowest BCUT2D eigenvalue weighted by atomic mass is 10.1. The number of ether oxygens (including phenoxy) is 1. The summed E-state index contributed by atoms with van der Waals surface area (Å²) in [6.07, 6.45) is 1.47. The van der Waals surface area contributed by atoms with E-state index in [1.165, 1.54) is 6.26 Å². The number of benzene rings is 1. The molecule has 120 valence electrons. The molecule has 5 nitrogen and oxygen atoms in total. The molecule has 1 N–H and O–H groups in total. The van der Waals surface area contributed by atoms with Crippen molar-refractivity contribution in [1.82, 2.24) is 5.32 Å². The summed E-state index contributed by atoms with van der Waals surface area (Å²) in [6.45, 7) is 6.23. The van der Waals surface area contributed by atoms with Crippen molar-refractivity contribution in [2.75, 3.05) is 0 Å². The van der Waals surface area contributed by atoms with Crippen molar-refractivity contribution in [3.05, 3.63) is 53.5 Å². The van der Waals surface area contributed by atoms with Crippen molar-refractivity contribution in [2.24, 2.45) is 5.92 Å². The number of hydrogen-bond donors (Lipinski definition) is 1. The summed E-state index contributed by atoms with van der Waals surface area (Å²) in [7, 11) is 0. The molecule has 0 fully saturated rings. The van der Waals surface area contributed by atoms with E-state index in [4.69, 9.17) is 14.4 Å². The predicted octanol–water partition coefficient (Wildman–Crippen LogP) is 3.50. The van der Waals surface area contributed by atoms with Crippen LogP contribution >= 0.6 is 0 Å². The van der Waals surface area contributed by atoms with Gasteiger partial charge in [-0.25, -0.2) is 0 Å². The van der Waals surface area contributed by atoms with Gasteiger partial charge in [0.05, 0.1) is 17.9 Å². The second-order valence-electron chi connectivity index (χ2n) is 5.71. The first-order valence-electron chi connectivity index (χ1n) is 7.51. The molecule has 0 spiro atoms. The molecule has 5 heteroatoms. The molecule has 23 heavy (non-hydrogen) atoms. The summed E-state index contributed by atoms with van der Waals surface area (Å²) in [6, 6.07) is 10.7. The maximum absolute atomic E-state index is 12.2. The molecule has 1 aromatic carbocycles. The van der Waals surface area contributed by atoms with Crippen LogP contribution in [0.2, 0.25) is 0 Å². The van der Waals surface area contributed by atoms with Crippen molar-refractivity contribution in [3.8, 4) is 11.8 Å². The molecule has 0 aliphatic carbocycles. The van der Waals surface area contributed by atoms with Gasteiger partial charge in [-0.05, 0) is 37.1 Å². The Kier molecular flexibility index (Phi) is 5.42. The van der Waals surface area contributed by atoms with Crippen molar-refractivity contribution in [2.45, 2.75) is 33.4 Å². The number of amides is 1. The molecule has 1 aromatic heterocycles. The first-order valence-corrected chi connectivity index (χ1v) is 7.51. The highest BCUT2D eigenvalue weighted by Gasteiger charge is 2.19. The first-order chi connectivity index (χ1) is 11.0. The second-order valence-corrected chi connectivity index (χ2v) is 5.71. The third-order valence-electron chi connectivity index (χ3n) is 3.67. The lowest BCUT2D eigenvalue weighted by molar-refractivity contribution is 0.0899. The summed E-state index contributed by atoms with van der Waals surface area (Å²) >= 11 is 0. The smallest absolute Gasteiger partial charge is 0.287 e. The number of rotatable bonds is 6. The highest BCUT2D eigenvalue weighted by Crippen LogP contribution is 2.17. The minimum absolute atomic E-state index is 0.0497. The standard InChI is InChI=1S/C18H20N2O3/c1-12(2)13(3)20-18(21)17-15(7-8-22-17)11-23-16-6-4-5-14(9-16)10-19/h4-9,12-13H,11H2,1-3H3,(H,20,21)/t13-/m1/s1. The lowest BCUT2D eigenvalue weighted by Crippen LogP contribution is -2.36. The average Bonchev–Trinajstić information content (AvgIpc) is 3.01. The number of carbonyl (C=O) groups excluding carboxylic acids is 1. The van der Waals surface area contributed by atoms with Gasteiger partial charge >= 0.3 is 0 Å². The molecule has 1 amide bonds. The average molecular weight is 312 g/mol. The van der Waals surface area contributed by atoms with Crippen LogP contribution in [-0.4, -0.2) is 11.9 Å². The highest BCUT2D eigenvalue weighted by molar-refractivity contribution is 5.93. The molecule has 0 saturated heterocycles. The van der Waals surface area contributed by atoms with Gasteiger partial charge in [-0.3, -0.25) is 4.79 Å².